The summed E-state index contributed by atoms with van der Waals surface area (Å²) in [5.74, 6) is -0.190. The number of allylic oxidation sites excluding steroid dienone is 1. The summed E-state index contributed by atoms with van der Waals surface area (Å²) in [7, 11) is 1.28. The molecular weight excluding hydrogens is 924 g/mol. The molecule has 0 radical (unpaired) electrons. The van der Waals surface area contributed by atoms with Gasteiger partial charge in [0.05, 0.1) is 39.9 Å². The van der Waals surface area contributed by atoms with Gasteiger partial charge in [0.2, 0.25) is 5.91 Å². The van der Waals surface area contributed by atoms with Gasteiger partial charge in [-0.1, -0.05) is 328 Å². The van der Waals surface area contributed by atoms with Crippen LogP contribution in [0.25, 0.3) is 0 Å². The number of aliphatic hydroxyl groups is 1. The van der Waals surface area contributed by atoms with E-state index < -0.39 is 20.0 Å². The van der Waals surface area contributed by atoms with E-state index in [2.05, 4.69) is 19.2 Å². The molecule has 0 saturated carbocycles. The van der Waals surface area contributed by atoms with E-state index in [9.17, 15) is 19.4 Å². The molecule has 0 bridgehead atoms. The fourth-order valence-corrected chi connectivity index (χ4v) is 10.9. The Morgan fingerprint density at radius 2 is 0.740 bits per heavy atom. The Balaban J connectivity index is 3.84. The van der Waals surface area contributed by atoms with Crippen LogP contribution in [0.3, 0.4) is 0 Å². The van der Waals surface area contributed by atoms with Gasteiger partial charge in [-0.15, -0.1) is 0 Å². The number of carbonyl (C=O) groups excluding carboxylic acids is 1. The summed E-state index contributed by atoms with van der Waals surface area (Å²) in [5, 5.41) is 13.9. The number of rotatable bonds is 61. The number of amides is 1. The summed E-state index contributed by atoms with van der Waals surface area (Å²) in [4.78, 5) is 25.5. The topological polar surface area (TPSA) is 108 Å². The summed E-state index contributed by atoms with van der Waals surface area (Å²) >= 11 is 0. The zero-order valence-electron chi connectivity index (χ0n) is 49.9. The number of hydrogen-bond acceptors (Lipinski definition) is 6. The van der Waals surface area contributed by atoms with Crippen molar-refractivity contribution in [1.29, 1.82) is 0 Å². The van der Waals surface area contributed by atoms with E-state index in [1.165, 1.54) is 283 Å². The van der Waals surface area contributed by atoms with Crippen molar-refractivity contribution in [2.24, 2.45) is 0 Å². The zero-order chi connectivity index (χ0) is 53.5. The van der Waals surface area contributed by atoms with Gasteiger partial charge < -0.3 is 28.8 Å². The standard InChI is InChI=1S/C64H129N2O6P/c1-6-8-10-12-14-16-18-20-21-22-23-24-25-26-27-28-29-30-31-32-33-34-35-36-37-38-39-40-41-42-43-44-46-48-50-52-54-56-58-64(68)65-62(61-72-73(69,70)71-60-59-66(3,4)5)63(67)57-55-53-51-49-47-45-19-17-15-13-11-9-7-2/h55,57,62-63,67H,6-54,56,58-61H2,1-5H3,(H-,65,68,69,70)/b57-55+. The third-order valence-corrected chi connectivity index (χ3v) is 16.2. The number of hydrogen-bond donors (Lipinski definition) is 2. The van der Waals surface area contributed by atoms with E-state index in [0.29, 0.717) is 17.4 Å². The molecule has 0 aliphatic rings. The molecule has 9 heteroatoms. The maximum Gasteiger partial charge on any atom is 0.268 e. The lowest BCUT2D eigenvalue weighted by Crippen LogP contribution is -2.45. The molecule has 0 aromatic heterocycles. The van der Waals surface area contributed by atoms with Crippen LogP contribution in [0.2, 0.25) is 0 Å². The van der Waals surface area contributed by atoms with Gasteiger partial charge in [0, 0.05) is 6.42 Å². The highest BCUT2D eigenvalue weighted by Gasteiger charge is 2.23. The van der Waals surface area contributed by atoms with Crippen molar-refractivity contribution < 1.29 is 32.9 Å². The largest absolute Gasteiger partial charge is 0.756 e. The van der Waals surface area contributed by atoms with Crippen LogP contribution in [-0.4, -0.2) is 68.5 Å². The molecule has 0 aliphatic heterocycles. The molecule has 436 valence electrons. The highest BCUT2D eigenvalue weighted by atomic mass is 31.2. The van der Waals surface area contributed by atoms with E-state index in [1.54, 1.807) is 6.08 Å². The van der Waals surface area contributed by atoms with Crippen molar-refractivity contribution in [2.75, 3.05) is 40.9 Å². The van der Waals surface area contributed by atoms with Gasteiger partial charge in [-0.2, -0.15) is 0 Å². The van der Waals surface area contributed by atoms with Gasteiger partial charge in [0.15, 0.2) is 0 Å². The molecule has 0 aromatic carbocycles. The molecular formula is C64H129N2O6P. The van der Waals surface area contributed by atoms with Crippen LogP contribution < -0.4 is 10.2 Å². The molecule has 8 nitrogen and oxygen atoms in total. The summed E-state index contributed by atoms with van der Waals surface area (Å²) in [6.45, 7) is 4.69. The summed E-state index contributed by atoms with van der Waals surface area (Å²) < 4.78 is 23.3. The zero-order valence-corrected chi connectivity index (χ0v) is 50.8. The number of aliphatic hydroxyl groups excluding tert-OH is 1. The number of quaternary nitrogens is 1. The average molecular weight is 1050 g/mol. The van der Waals surface area contributed by atoms with Gasteiger partial charge in [-0.25, -0.2) is 0 Å². The number of nitrogens with one attached hydrogen (secondary N) is 1. The Morgan fingerprint density at radius 3 is 1.03 bits per heavy atom. The van der Waals surface area contributed by atoms with Crippen LogP contribution in [0.4, 0.5) is 0 Å². The molecule has 3 atom stereocenters. The lowest BCUT2D eigenvalue weighted by atomic mass is 10.0. The maximum atomic E-state index is 13.0. The van der Waals surface area contributed by atoms with Crippen molar-refractivity contribution >= 4 is 13.7 Å². The molecule has 0 fully saturated rings. The van der Waals surface area contributed by atoms with Crippen LogP contribution in [0.5, 0.6) is 0 Å². The second-order valence-electron chi connectivity index (χ2n) is 23.8. The molecule has 2 N–H and O–H groups in total. The van der Waals surface area contributed by atoms with Crippen LogP contribution in [-0.2, 0) is 18.4 Å². The minimum atomic E-state index is -4.59. The number of carbonyl (C=O) groups is 1. The second kappa shape index (κ2) is 56.0. The molecule has 0 aliphatic carbocycles. The van der Waals surface area contributed by atoms with Crippen molar-refractivity contribution in [3.8, 4) is 0 Å². The normalized spacial score (nSPS) is 13.8. The molecule has 0 saturated heterocycles. The molecule has 3 unspecified atom stereocenters. The number of phosphoric ester groups is 1. The minimum absolute atomic E-state index is 0.00248. The Labute approximate surface area is 456 Å². The van der Waals surface area contributed by atoms with Gasteiger partial charge in [0.1, 0.15) is 13.2 Å². The smallest absolute Gasteiger partial charge is 0.268 e. The SMILES string of the molecule is CCCCCCCCCCCCC/C=C/C(O)C(COP(=O)([O-])OCC[N+](C)(C)C)NC(=O)CCCCCCCCCCCCCCCCCCCCCCCCCCCCCCCCCCCCCCCC. The first-order chi connectivity index (χ1) is 35.5. The molecule has 0 rings (SSSR count). The van der Waals surface area contributed by atoms with Gasteiger partial charge in [-0.3, -0.25) is 9.36 Å². The minimum Gasteiger partial charge on any atom is -0.756 e. The number of likely N-dealkylation sites (N-methyl/N-ethyl adjacent to an activating group) is 1. The van der Waals surface area contributed by atoms with Crippen LogP contribution in [0, 0.1) is 0 Å². The first-order valence-electron chi connectivity index (χ1n) is 32.6. The highest BCUT2D eigenvalue weighted by Crippen LogP contribution is 2.38. The average Bonchev–Trinajstić information content (AvgIpc) is 3.35. The third-order valence-electron chi connectivity index (χ3n) is 15.2. The lowest BCUT2D eigenvalue weighted by molar-refractivity contribution is -0.870. The quantitative estimate of drug-likeness (QED) is 0.0272. The second-order valence-corrected chi connectivity index (χ2v) is 25.2. The van der Waals surface area contributed by atoms with E-state index in [4.69, 9.17) is 9.05 Å². The van der Waals surface area contributed by atoms with Crippen molar-refractivity contribution in [2.45, 2.75) is 353 Å². The van der Waals surface area contributed by atoms with E-state index in [0.717, 1.165) is 38.5 Å². The predicted octanol–water partition coefficient (Wildman–Crippen LogP) is 19.5. The van der Waals surface area contributed by atoms with Crippen LogP contribution in [0.15, 0.2) is 12.2 Å². The molecule has 73 heavy (non-hydrogen) atoms. The van der Waals surface area contributed by atoms with Crippen LogP contribution >= 0.6 is 7.82 Å². The van der Waals surface area contributed by atoms with Crippen LogP contribution in [0.1, 0.15) is 341 Å². The molecule has 0 spiro atoms. The highest BCUT2D eigenvalue weighted by molar-refractivity contribution is 7.45. The molecule has 0 heterocycles. The summed E-state index contributed by atoms with van der Waals surface area (Å²) in [6, 6.07) is -0.881. The predicted molar refractivity (Wildman–Crippen MR) is 316 cm³/mol. The molecule has 0 aromatic rings. The Hall–Kier alpha value is -0.760. The Morgan fingerprint density at radius 1 is 0.466 bits per heavy atom. The van der Waals surface area contributed by atoms with Crippen molar-refractivity contribution in [1.82, 2.24) is 5.32 Å². The van der Waals surface area contributed by atoms with E-state index in [1.807, 2.05) is 27.2 Å². The first kappa shape index (κ1) is 72.2. The van der Waals surface area contributed by atoms with Crippen molar-refractivity contribution in [3.63, 3.8) is 0 Å². The molecule has 1 amide bonds. The number of phosphoric acid groups is 1. The van der Waals surface area contributed by atoms with Gasteiger partial charge in [0.25, 0.3) is 7.82 Å². The van der Waals surface area contributed by atoms with E-state index in [-0.39, 0.29) is 19.1 Å². The first-order valence-corrected chi connectivity index (χ1v) is 34.0. The number of nitrogens with zero attached hydrogens (tertiary/aromatic N) is 1. The Kier molecular flexibility index (Phi) is 55.4. The van der Waals surface area contributed by atoms with E-state index >= 15 is 0 Å². The summed E-state index contributed by atoms with van der Waals surface area (Å²) in [5.41, 5.74) is 0. The summed E-state index contributed by atoms with van der Waals surface area (Å²) in [6.07, 6.45) is 70.6. The fraction of sp³-hybridized carbons (Fsp3) is 0.953. The monoisotopic (exact) mass is 1050 g/mol. The maximum absolute atomic E-state index is 13.0. The van der Waals surface area contributed by atoms with Crippen molar-refractivity contribution in [3.05, 3.63) is 12.2 Å². The third kappa shape index (κ3) is 58.8. The fourth-order valence-electron chi connectivity index (χ4n) is 10.2. The van der Waals surface area contributed by atoms with Gasteiger partial charge >= 0.3 is 0 Å². The Bertz CT molecular complexity index is 1200. The number of unbranched alkanes of at least 4 members (excludes halogenated alkanes) is 48. The van der Waals surface area contributed by atoms with Gasteiger partial charge in [-0.05, 0) is 19.3 Å². The lowest BCUT2D eigenvalue weighted by Gasteiger charge is -2.29.